The molecule has 1 heterocycles. The van der Waals surface area contributed by atoms with Gasteiger partial charge in [0.05, 0.1) is 5.56 Å². The van der Waals surface area contributed by atoms with E-state index in [0.717, 1.165) is 11.6 Å². The highest BCUT2D eigenvalue weighted by Crippen LogP contribution is 2.39. The fourth-order valence-corrected chi connectivity index (χ4v) is 2.55. The minimum absolute atomic E-state index is 0.0661. The number of pyridine rings is 1. The van der Waals surface area contributed by atoms with Crippen LogP contribution in [0.5, 0.6) is 5.75 Å². The van der Waals surface area contributed by atoms with E-state index in [2.05, 4.69) is 4.98 Å². The van der Waals surface area contributed by atoms with Gasteiger partial charge in [-0.3, -0.25) is 0 Å². The summed E-state index contributed by atoms with van der Waals surface area (Å²) in [7, 11) is 0. The number of nitrogens with zero attached hydrogens (tertiary/aromatic N) is 1. The largest absolute Gasteiger partial charge is 0.487 e. The topological polar surface area (TPSA) is 22.1 Å². The van der Waals surface area contributed by atoms with Crippen LogP contribution in [0.2, 0.25) is 5.15 Å². The maximum absolute atomic E-state index is 13.3. The van der Waals surface area contributed by atoms with Crippen molar-refractivity contribution in [1.29, 1.82) is 0 Å². The number of aromatic nitrogens is 1. The Hall–Kier alpha value is -2.53. The molecule has 0 aliphatic carbocycles. The van der Waals surface area contributed by atoms with Crippen molar-refractivity contribution in [1.82, 2.24) is 4.98 Å². The van der Waals surface area contributed by atoms with Crippen LogP contribution < -0.4 is 4.74 Å². The molecule has 0 bridgehead atoms. The first-order valence-corrected chi connectivity index (χ1v) is 7.83. The third kappa shape index (κ3) is 4.12. The van der Waals surface area contributed by atoms with Gasteiger partial charge in [-0.1, -0.05) is 60.1 Å². The third-order valence-electron chi connectivity index (χ3n) is 3.55. The second kappa shape index (κ2) is 7.15. The first-order valence-electron chi connectivity index (χ1n) is 7.45. The summed E-state index contributed by atoms with van der Waals surface area (Å²) >= 11 is 5.90. The second-order valence-corrected chi connectivity index (χ2v) is 5.69. The third-order valence-corrected chi connectivity index (χ3v) is 3.76. The molecule has 6 heteroatoms. The van der Waals surface area contributed by atoms with Crippen molar-refractivity contribution in [3.05, 3.63) is 83.0 Å². The Bertz CT molecular complexity index is 866. The van der Waals surface area contributed by atoms with Crippen LogP contribution in [0, 0.1) is 0 Å². The molecule has 0 aliphatic rings. The summed E-state index contributed by atoms with van der Waals surface area (Å²) < 4.78 is 45.7. The highest BCUT2D eigenvalue weighted by Gasteiger charge is 2.34. The van der Waals surface area contributed by atoms with Gasteiger partial charge in [0, 0.05) is 5.56 Å². The molecule has 25 heavy (non-hydrogen) atoms. The fraction of sp³-hybridized carbons (Fsp3) is 0.105. The quantitative estimate of drug-likeness (QED) is 0.530. The summed E-state index contributed by atoms with van der Waals surface area (Å²) in [5, 5.41) is 0.0963. The number of ether oxygens (including phenoxy) is 1. The summed E-state index contributed by atoms with van der Waals surface area (Å²) in [4.78, 5) is 4.07. The van der Waals surface area contributed by atoms with Gasteiger partial charge in [0.15, 0.2) is 0 Å². The Labute approximate surface area is 147 Å². The van der Waals surface area contributed by atoms with Gasteiger partial charge in [-0.05, 0) is 23.8 Å². The van der Waals surface area contributed by atoms with E-state index in [4.69, 9.17) is 16.3 Å². The van der Waals surface area contributed by atoms with Gasteiger partial charge in [-0.2, -0.15) is 13.2 Å². The van der Waals surface area contributed by atoms with Crippen LogP contribution in [0.4, 0.5) is 13.2 Å². The normalized spacial score (nSPS) is 11.4. The zero-order chi connectivity index (χ0) is 17.9. The van der Waals surface area contributed by atoms with Gasteiger partial charge in [-0.15, -0.1) is 0 Å². The lowest BCUT2D eigenvalue weighted by molar-refractivity contribution is -0.137. The molecule has 1 aromatic heterocycles. The predicted molar refractivity (Wildman–Crippen MR) is 90.5 cm³/mol. The fourth-order valence-electron chi connectivity index (χ4n) is 2.40. The zero-order valence-corrected chi connectivity index (χ0v) is 13.7. The van der Waals surface area contributed by atoms with E-state index in [9.17, 15) is 13.2 Å². The molecular weight excluding hydrogens is 351 g/mol. The highest BCUT2D eigenvalue weighted by molar-refractivity contribution is 6.29. The predicted octanol–water partition coefficient (Wildman–Crippen LogP) is 6.00. The highest BCUT2D eigenvalue weighted by atomic mass is 35.5. The first-order chi connectivity index (χ1) is 11.9. The van der Waals surface area contributed by atoms with Crippen LogP contribution in [0.3, 0.4) is 0 Å². The lowest BCUT2D eigenvalue weighted by Gasteiger charge is -2.16. The molecule has 3 rings (SSSR count). The molecule has 2 nitrogen and oxygen atoms in total. The van der Waals surface area contributed by atoms with Crippen molar-refractivity contribution in [2.75, 3.05) is 0 Å². The molecule has 3 aromatic rings. The van der Waals surface area contributed by atoms with Crippen LogP contribution in [-0.4, -0.2) is 4.98 Å². The van der Waals surface area contributed by atoms with E-state index < -0.39 is 11.7 Å². The van der Waals surface area contributed by atoms with Crippen LogP contribution in [0.1, 0.15) is 11.1 Å². The minimum Gasteiger partial charge on any atom is -0.487 e. The Balaban J connectivity index is 2.01. The molecule has 0 amide bonds. The van der Waals surface area contributed by atoms with Gasteiger partial charge >= 0.3 is 6.18 Å². The van der Waals surface area contributed by atoms with E-state index in [1.807, 2.05) is 30.3 Å². The first kappa shape index (κ1) is 17.3. The monoisotopic (exact) mass is 363 g/mol. The van der Waals surface area contributed by atoms with Gasteiger partial charge in [0.25, 0.3) is 0 Å². The van der Waals surface area contributed by atoms with E-state index in [0.29, 0.717) is 0 Å². The molecule has 0 N–H and O–H groups in total. The molecule has 0 saturated heterocycles. The van der Waals surface area contributed by atoms with Crippen LogP contribution in [0.25, 0.3) is 11.3 Å². The minimum atomic E-state index is -4.50. The Morgan fingerprint density at radius 3 is 2.28 bits per heavy atom. The van der Waals surface area contributed by atoms with Gasteiger partial charge in [0.2, 0.25) is 0 Å². The molecule has 0 atom stereocenters. The molecule has 128 valence electrons. The number of halogens is 4. The maximum Gasteiger partial charge on any atom is 0.417 e. The molecule has 0 fully saturated rings. The van der Waals surface area contributed by atoms with Crippen molar-refractivity contribution in [3.8, 4) is 17.0 Å². The molecule has 0 saturated carbocycles. The van der Waals surface area contributed by atoms with Crippen LogP contribution in [0.15, 0.2) is 66.7 Å². The number of benzene rings is 2. The SMILES string of the molecule is FC(F)(F)c1ccccc1-c1nc(Cl)ccc1OCc1ccccc1. The van der Waals surface area contributed by atoms with Crippen molar-refractivity contribution in [3.63, 3.8) is 0 Å². The Morgan fingerprint density at radius 2 is 1.56 bits per heavy atom. The second-order valence-electron chi connectivity index (χ2n) is 5.30. The van der Waals surface area contributed by atoms with Gasteiger partial charge in [0.1, 0.15) is 23.2 Å². The number of rotatable bonds is 4. The van der Waals surface area contributed by atoms with Crippen molar-refractivity contribution >= 4 is 11.6 Å². The Kier molecular flexibility index (Phi) is 4.95. The number of alkyl halides is 3. The van der Waals surface area contributed by atoms with Crippen molar-refractivity contribution in [2.24, 2.45) is 0 Å². The van der Waals surface area contributed by atoms with Crippen LogP contribution >= 0.6 is 11.6 Å². The average molecular weight is 364 g/mol. The Morgan fingerprint density at radius 1 is 0.880 bits per heavy atom. The smallest absolute Gasteiger partial charge is 0.417 e. The molecule has 0 spiro atoms. The summed E-state index contributed by atoms with van der Waals surface area (Å²) in [6, 6.07) is 17.6. The average Bonchev–Trinajstić information content (AvgIpc) is 2.61. The van der Waals surface area contributed by atoms with E-state index in [-0.39, 0.29) is 28.8 Å². The lowest BCUT2D eigenvalue weighted by atomic mass is 10.0. The van der Waals surface area contributed by atoms with Crippen LogP contribution in [-0.2, 0) is 12.8 Å². The lowest BCUT2D eigenvalue weighted by Crippen LogP contribution is -2.08. The molecule has 0 unspecified atom stereocenters. The molecule has 0 radical (unpaired) electrons. The number of hydrogen-bond acceptors (Lipinski definition) is 2. The standard InChI is InChI=1S/C19H13ClF3NO/c20-17-11-10-16(25-12-13-6-2-1-3-7-13)18(24-17)14-8-4-5-9-15(14)19(21,22)23/h1-11H,12H2. The summed E-state index contributed by atoms with van der Waals surface area (Å²) in [6.45, 7) is 0.214. The summed E-state index contributed by atoms with van der Waals surface area (Å²) in [5.74, 6) is 0.241. The van der Waals surface area contributed by atoms with E-state index >= 15 is 0 Å². The maximum atomic E-state index is 13.3. The van der Waals surface area contributed by atoms with Gasteiger partial charge in [-0.25, -0.2) is 4.98 Å². The molecular formula is C19H13ClF3NO. The number of hydrogen-bond donors (Lipinski definition) is 0. The van der Waals surface area contributed by atoms with Crippen molar-refractivity contribution in [2.45, 2.75) is 12.8 Å². The van der Waals surface area contributed by atoms with E-state index in [1.54, 1.807) is 0 Å². The summed E-state index contributed by atoms with van der Waals surface area (Å²) in [6.07, 6.45) is -4.50. The zero-order valence-electron chi connectivity index (χ0n) is 12.9. The van der Waals surface area contributed by atoms with Crippen molar-refractivity contribution < 1.29 is 17.9 Å². The summed E-state index contributed by atoms with van der Waals surface area (Å²) in [5.41, 5.74) is 0.110. The molecule has 0 aliphatic heterocycles. The molecule has 2 aromatic carbocycles. The van der Waals surface area contributed by atoms with E-state index in [1.165, 1.54) is 30.3 Å². The van der Waals surface area contributed by atoms with Gasteiger partial charge < -0.3 is 4.74 Å².